The number of nitrogens with two attached hydrogens (primary N) is 1. The van der Waals surface area contributed by atoms with Gasteiger partial charge in [0.1, 0.15) is 23.9 Å². The van der Waals surface area contributed by atoms with Crippen LogP contribution < -0.4 is 5.73 Å². The van der Waals surface area contributed by atoms with Crippen LogP contribution in [0.2, 0.25) is 0 Å². The van der Waals surface area contributed by atoms with Crippen molar-refractivity contribution in [1.82, 2.24) is 4.90 Å². The normalized spacial score (nSPS) is 52.3. The van der Waals surface area contributed by atoms with E-state index in [-0.39, 0.29) is 25.7 Å². The van der Waals surface area contributed by atoms with E-state index in [2.05, 4.69) is 0 Å². The molecule has 0 aliphatic carbocycles. The quantitative estimate of drug-likeness (QED) is 0.162. The average Bonchev–Trinajstić information content (AvgIpc) is 3.08. The molecule has 3 saturated heterocycles. The topological polar surface area (TPSA) is 203 Å². The summed E-state index contributed by atoms with van der Waals surface area (Å²) >= 11 is 0. The molecule has 0 aromatic carbocycles. The minimum Gasteiger partial charge on any atom is -0.459 e. The summed E-state index contributed by atoms with van der Waals surface area (Å²) in [5.74, 6) is -3.98. The molecule has 0 unspecified atom stereocenters. The van der Waals surface area contributed by atoms with Crippen LogP contribution in [0.5, 0.6) is 0 Å². The van der Waals surface area contributed by atoms with Crippen LogP contribution in [0.15, 0.2) is 0 Å². The van der Waals surface area contributed by atoms with Gasteiger partial charge in [-0.15, -0.1) is 0 Å². The van der Waals surface area contributed by atoms with Crippen LogP contribution in [-0.4, -0.2) is 148 Å². The highest BCUT2D eigenvalue weighted by Crippen LogP contribution is 2.41. The van der Waals surface area contributed by atoms with Crippen LogP contribution >= 0.6 is 0 Å². The number of hydrogen-bond acceptors (Lipinski definition) is 14. The number of methoxy groups -OCH3 is 1. The molecule has 51 heavy (non-hydrogen) atoms. The van der Waals surface area contributed by atoms with Gasteiger partial charge in [-0.2, -0.15) is 0 Å². The van der Waals surface area contributed by atoms with E-state index in [1.165, 1.54) is 28.0 Å². The fraction of sp³-hybridized carbons (Fsp3) is 0.973. The fourth-order valence-corrected chi connectivity index (χ4v) is 8.50. The van der Waals surface area contributed by atoms with Crippen molar-refractivity contribution in [2.24, 2.45) is 29.4 Å². The molecule has 3 fully saturated rings. The lowest BCUT2D eigenvalue weighted by molar-refractivity contribution is -0.318. The number of esters is 1. The highest BCUT2D eigenvalue weighted by atomic mass is 16.7. The van der Waals surface area contributed by atoms with E-state index in [0.29, 0.717) is 0 Å². The fourth-order valence-electron chi connectivity index (χ4n) is 8.50. The Morgan fingerprint density at radius 3 is 2.18 bits per heavy atom. The van der Waals surface area contributed by atoms with Crippen molar-refractivity contribution in [2.75, 3.05) is 21.1 Å². The number of aliphatic hydroxyl groups is 5. The van der Waals surface area contributed by atoms with Crippen molar-refractivity contribution in [2.45, 2.75) is 185 Å². The average molecular weight is 739 g/mol. The largest absolute Gasteiger partial charge is 0.459 e. The van der Waals surface area contributed by atoms with Gasteiger partial charge in [0.2, 0.25) is 0 Å². The monoisotopic (exact) mass is 739 g/mol. The second-order valence-electron chi connectivity index (χ2n) is 16.4. The third-order valence-electron chi connectivity index (χ3n) is 12.0. The van der Waals surface area contributed by atoms with Gasteiger partial charge in [0.25, 0.3) is 0 Å². The number of cyclic esters (lactones) is 1. The van der Waals surface area contributed by atoms with Crippen LogP contribution in [0.1, 0.15) is 99.0 Å². The molecule has 3 aliphatic heterocycles. The lowest BCUT2D eigenvalue weighted by Crippen LogP contribution is -2.62. The Balaban J connectivity index is 2.19. The molecule has 19 atom stereocenters. The molecule has 0 bridgehead atoms. The van der Waals surface area contributed by atoms with Crippen molar-refractivity contribution in [3.63, 3.8) is 0 Å². The SMILES string of the molecule is [2H][13C]([2H])([2H])N(C)[C@H]1C[C@@H](C)O[C@@H](O[C@@H]2[C@@H](C)[C@H](O[C@H]3C[C@@](C)(OC)[C@@H](O)[C@H](C)O3)[C@@H](C)C(=O)O[C@H](CC)[C@@](C)(O)[C@H](O)[C@@H](C)[C@@H](N)[C@H](C)C[C@@]2(C)O)[C@@H]1O. The van der Waals surface area contributed by atoms with E-state index in [1.807, 2.05) is 6.92 Å². The van der Waals surface area contributed by atoms with Crippen LogP contribution in [0, 0.1) is 23.7 Å². The zero-order valence-electron chi connectivity index (χ0n) is 35.7. The Bertz CT molecular complexity index is 1230. The van der Waals surface area contributed by atoms with Gasteiger partial charge in [-0.3, -0.25) is 4.79 Å². The summed E-state index contributed by atoms with van der Waals surface area (Å²) in [4.78, 5) is 15.3. The minimum absolute atomic E-state index is 0.00694. The summed E-state index contributed by atoms with van der Waals surface area (Å²) in [6, 6.07) is -1.66. The Morgan fingerprint density at radius 1 is 0.980 bits per heavy atom. The molecular weight excluding hydrogens is 665 g/mol. The Labute approximate surface area is 309 Å². The first-order valence-electron chi connectivity index (χ1n) is 20.0. The summed E-state index contributed by atoms with van der Waals surface area (Å²) in [7, 11) is 2.86. The number of ether oxygens (including phenoxy) is 6. The van der Waals surface area contributed by atoms with Crippen molar-refractivity contribution >= 4 is 5.97 Å². The highest BCUT2D eigenvalue weighted by molar-refractivity contribution is 5.73. The van der Waals surface area contributed by atoms with E-state index >= 15 is 0 Å². The molecule has 0 radical (unpaired) electrons. The number of aliphatic hydroxyl groups excluding tert-OH is 3. The van der Waals surface area contributed by atoms with Gasteiger partial charge in [0.15, 0.2) is 12.6 Å². The van der Waals surface area contributed by atoms with E-state index in [9.17, 15) is 30.3 Å². The van der Waals surface area contributed by atoms with E-state index in [4.69, 9.17) is 38.3 Å². The summed E-state index contributed by atoms with van der Waals surface area (Å²) in [5, 5.41) is 58.2. The van der Waals surface area contributed by atoms with Gasteiger partial charge in [0, 0.05) is 41.6 Å². The second kappa shape index (κ2) is 17.2. The van der Waals surface area contributed by atoms with Crippen LogP contribution in [0.3, 0.4) is 0 Å². The molecule has 300 valence electrons. The van der Waals surface area contributed by atoms with Crippen molar-refractivity contribution < 1.29 is 62.9 Å². The second-order valence-corrected chi connectivity index (χ2v) is 16.4. The molecule has 0 amide bonds. The number of likely N-dealkylation sites (N-methyl/N-ethyl adjacent to an activating group) is 1. The number of carbonyl (C=O) groups is 1. The van der Waals surface area contributed by atoms with Gasteiger partial charge < -0.3 is 64.6 Å². The minimum atomic E-state index is -2.53. The third-order valence-corrected chi connectivity index (χ3v) is 12.0. The third kappa shape index (κ3) is 9.63. The smallest absolute Gasteiger partial charge is 0.311 e. The molecule has 3 aliphatic rings. The Hall–Kier alpha value is -1.01. The zero-order chi connectivity index (χ0) is 41.5. The van der Waals surface area contributed by atoms with Gasteiger partial charge >= 0.3 is 5.97 Å². The van der Waals surface area contributed by atoms with E-state index in [1.54, 1.807) is 48.5 Å². The zero-order valence-corrected chi connectivity index (χ0v) is 32.7. The van der Waals surface area contributed by atoms with Gasteiger partial charge in [-0.05, 0) is 80.7 Å². The first kappa shape index (κ1) is 39.7. The van der Waals surface area contributed by atoms with Crippen molar-refractivity contribution in [3.05, 3.63) is 0 Å². The highest BCUT2D eigenvalue weighted by Gasteiger charge is 2.53. The summed E-state index contributed by atoms with van der Waals surface area (Å²) in [6.45, 7) is 14.0. The van der Waals surface area contributed by atoms with E-state index < -0.39 is 127 Å². The van der Waals surface area contributed by atoms with Gasteiger partial charge in [-0.1, -0.05) is 27.7 Å². The molecule has 14 heteroatoms. The predicted molar refractivity (Wildman–Crippen MR) is 189 cm³/mol. The van der Waals surface area contributed by atoms with E-state index in [0.717, 1.165) is 4.90 Å². The van der Waals surface area contributed by atoms with Crippen molar-refractivity contribution in [3.8, 4) is 0 Å². The number of hydrogen-bond donors (Lipinski definition) is 6. The molecule has 3 rings (SSSR count). The maximum absolute atomic E-state index is 14.2. The molecular formula is C37H70N2O12. The Kier molecular flexibility index (Phi) is 13.4. The van der Waals surface area contributed by atoms with Gasteiger partial charge in [0.05, 0.1) is 47.6 Å². The Morgan fingerprint density at radius 2 is 1.61 bits per heavy atom. The number of carbonyl (C=O) groups excluding carboxylic acids is 1. The molecule has 3 heterocycles. The standard InChI is InChI=1S/C37H70N2O12/c1-14-25-37(10,45)30(41)20(4)27(38)18(2)16-35(8,44)32(51-34-28(40)24(39(11)12)15-19(3)47-34)21(5)29(22(6)33(43)49-25)50-26-17-36(9,46-13)31(42)23(7)48-26/h18-32,34,40-42,44-45H,14-17,38H2,1-13H3/t18-,19-,20+,21+,22-,23+,24+,25-,26+,27+,28-,29+,30-,31+,32-,34+,35-,36-,37-/m1/s1/i11+1D3. The van der Waals surface area contributed by atoms with Crippen LogP contribution in [0.25, 0.3) is 0 Å². The maximum atomic E-state index is 14.2. The molecule has 0 saturated carbocycles. The lowest BCUT2D eigenvalue weighted by Gasteiger charge is -2.49. The molecule has 14 nitrogen and oxygen atoms in total. The summed E-state index contributed by atoms with van der Waals surface area (Å²) < 4.78 is 61.0. The maximum Gasteiger partial charge on any atom is 0.311 e. The first-order chi connectivity index (χ1) is 24.6. The number of nitrogens with zero attached hydrogens (tertiary/aromatic N) is 1. The predicted octanol–water partition coefficient (Wildman–Crippen LogP) is 1.54. The molecule has 7 N–H and O–H groups in total. The summed E-state index contributed by atoms with van der Waals surface area (Å²) in [5.41, 5.74) is 1.96. The summed E-state index contributed by atoms with van der Waals surface area (Å²) in [6.07, 6.45) is -10.7. The lowest BCUT2D eigenvalue weighted by atomic mass is 9.72. The van der Waals surface area contributed by atoms with Crippen molar-refractivity contribution in [1.29, 1.82) is 0 Å². The first-order valence-corrected chi connectivity index (χ1v) is 18.5. The molecule has 0 spiro atoms. The van der Waals surface area contributed by atoms with Crippen LogP contribution in [-0.2, 0) is 33.2 Å². The van der Waals surface area contributed by atoms with Crippen LogP contribution in [0.4, 0.5) is 0 Å². The molecule has 0 aromatic rings. The number of rotatable bonds is 7. The molecule has 0 aromatic heterocycles. The van der Waals surface area contributed by atoms with Gasteiger partial charge in [-0.25, -0.2) is 0 Å².